The quantitative estimate of drug-likeness (QED) is 0.797. The lowest BCUT2D eigenvalue weighted by Crippen LogP contribution is -2.49. The van der Waals surface area contributed by atoms with Crippen molar-refractivity contribution in [1.82, 2.24) is 14.8 Å². The average Bonchev–Trinajstić information content (AvgIpc) is 3.25. The summed E-state index contributed by atoms with van der Waals surface area (Å²) >= 11 is 6.03. The first kappa shape index (κ1) is 19.0. The van der Waals surface area contributed by atoms with Gasteiger partial charge in [-0.3, -0.25) is 4.90 Å². The number of halogens is 1. The molecule has 7 heteroatoms. The molecular formula is C21H26ClN5O. The molecule has 2 aliphatic heterocycles. The van der Waals surface area contributed by atoms with Crippen molar-refractivity contribution in [2.75, 3.05) is 49.5 Å². The number of amides is 2. The summed E-state index contributed by atoms with van der Waals surface area (Å²) in [5.74, 6) is 0. The molecule has 2 saturated heterocycles. The minimum absolute atomic E-state index is 0.119. The highest BCUT2D eigenvalue weighted by molar-refractivity contribution is 6.32. The fourth-order valence-corrected chi connectivity index (χ4v) is 4.10. The summed E-state index contributed by atoms with van der Waals surface area (Å²) in [6, 6.07) is 12.1. The van der Waals surface area contributed by atoms with Crippen LogP contribution in [0.25, 0.3) is 0 Å². The number of carbonyl (C=O) groups is 1. The van der Waals surface area contributed by atoms with Gasteiger partial charge >= 0.3 is 6.03 Å². The molecule has 3 heterocycles. The van der Waals surface area contributed by atoms with Crippen LogP contribution in [0.2, 0.25) is 5.15 Å². The van der Waals surface area contributed by atoms with Gasteiger partial charge in [0.1, 0.15) is 0 Å². The van der Waals surface area contributed by atoms with E-state index in [2.05, 4.69) is 44.4 Å². The lowest BCUT2D eigenvalue weighted by atomic mass is 10.1. The van der Waals surface area contributed by atoms with Gasteiger partial charge in [0.15, 0.2) is 5.15 Å². The van der Waals surface area contributed by atoms with Gasteiger partial charge in [0.25, 0.3) is 0 Å². The molecular weight excluding hydrogens is 374 g/mol. The van der Waals surface area contributed by atoms with E-state index in [1.54, 1.807) is 18.3 Å². The Morgan fingerprint density at radius 3 is 2.50 bits per heavy atom. The maximum Gasteiger partial charge on any atom is 0.322 e. The van der Waals surface area contributed by atoms with Crippen molar-refractivity contribution in [1.29, 1.82) is 0 Å². The molecule has 148 valence electrons. The second kappa shape index (κ2) is 8.80. The number of para-hydroxylation sites is 1. The number of nitrogens with one attached hydrogen (secondary N) is 1. The first-order chi connectivity index (χ1) is 13.7. The Balaban J connectivity index is 1.32. The number of benzene rings is 1. The number of carbonyl (C=O) groups excluding carboxylic acids is 1. The Labute approximate surface area is 171 Å². The van der Waals surface area contributed by atoms with E-state index < -0.39 is 0 Å². The van der Waals surface area contributed by atoms with Crippen molar-refractivity contribution >= 4 is 29.0 Å². The zero-order chi connectivity index (χ0) is 19.3. The highest BCUT2D eigenvalue weighted by atomic mass is 35.5. The second-order valence-electron chi connectivity index (χ2n) is 7.36. The molecule has 4 rings (SSSR count). The summed E-state index contributed by atoms with van der Waals surface area (Å²) in [7, 11) is 0. The Hall–Kier alpha value is -2.31. The lowest BCUT2D eigenvalue weighted by molar-refractivity contribution is 0.143. The van der Waals surface area contributed by atoms with E-state index in [1.165, 1.54) is 24.1 Å². The molecule has 2 aliphatic rings. The first-order valence-electron chi connectivity index (χ1n) is 9.92. The van der Waals surface area contributed by atoms with Crippen LogP contribution in [0.4, 0.5) is 16.2 Å². The van der Waals surface area contributed by atoms with E-state index in [9.17, 15) is 4.79 Å². The summed E-state index contributed by atoms with van der Waals surface area (Å²) in [5.41, 5.74) is 3.30. The molecule has 0 unspecified atom stereocenters. The summed E-state index contributed by atoms with van der Waals surface area (Å²) < 4.78 is 0. The highest BCUT2D eigenvalue weighted by Gasteiger charge is 2.23. The fraction of sp³-hybridized carbons (Fsp3) is 0.429. The summed E-state index contributed by atoms with van der Waals surface area (Å²) in [6.45, 7) is 6.37. The molecule has 0 bridgehead atoms. The standard InChI is InChI=1S/C21H26ClN5O/c22-20-18(7-5-9-23-20)24-21(28)27-14-12-25(13-15-27)16-17-6-1-2-8-19(17)26-10-3-4-11-26/h1-2,5-9H,3-4,10-16H2,(H,24,28). The number of rotatable bonds is 4. The van der Waals surface area contributed by atoms with Crippen molar-refractivity contribution in [3.8, 4) is 0 Å². The molecule has 2 amide bonds. The Morgan fingerprint density at radius 1 is 1.00 bits per heavy atom. The Kier molecular flexibility index (Phi) is 5.98. The largest absolute Gasteiger partial charge is 0.371 e. The van der Waals surface area contributed by atoms with E-state index in [0.717, 1.165) is 32.7 Å². The minimum Gasteiger partial charge on any atom is -0.371 e. The summed E-state index contributed by atoms with van der Waals surface area (Å²) in [6.07, 6.45) is 4.17. The number of hydrogen-bond donors (Lipinski definition) is 1. The van der Waals surface area contributed by atoms with Gasteiger partial charge in [-0.05, 0) is 36.6 Å². The average molecular weight is 400 g/mol. The summed E-state index contributed by atoms with van der Waals surface area (Å²) in [5, 5.41) is 3.17. The first-order valence-corrected chi connectivity index (χ1v) is 10.3. The van der Waals surface area contributed by atoms with Crippen LogP contribution in [0, 0.1) is 0 Å². The van der Waals surface area contributed by atoms with Crippen LogP contribution in [-0.4, -0.2) is 60.1 Å². The van der Waals surface area contributed by atoms with Crippen molar-refractivity contribution in [3.63, 3.8) is 0 Å². The monoisotopic (exact) mass is 399 g/mol. The van der Waals surface area contributed by atoms with E-state index in [0.29, 0.717) is 23.9 Å². The maximum absolute atomic E-state index is 12.5. The number of pyridine rings is 1. The van der Waals surface area contributed by atoms with Crippen LogP contribution in [0.5, 0.6) is 0 Å². The van der Waals surface area contributed by atoms with Crippen molar-refractivity contribution in [2.45, 2.75) is 19.4 Å². The van der Waals surface area contributed by atoms with E-state index in [1.807, 2.05) is 4.90 Å². The second-order valence-corrected chi connectivity index (χ2v) is 7.72. The van der Waals surface area contributed by atoms with Gasteiger partial charge < -0.3 is 15.1 Å². The zero-order valence-corrected chi connectivity index (χ0v) is 16.7. The predicted octanol–water partition coefficient (Wildman–Crippen LogP) is 3.68. The van der Waals surface area contributed by atoms with Gasteiger partial charge in [0.2, 0.25) is 0 Å². The number of piperazine rings is 1. The van der Waals surface area contributed by atoms with Crippen LogP contribution in [-0.2, 0) is 6.54 Å². The molecule has 1 aromatic carbocycles. The molecule has 0 saturated carbocycles. The van der Waals surface area contributed by atoms with E-state index in [4.69, 9.17) is 11.6 Å². The van der Waals surface area contributed by atoms with Crippen molar-refractivity contribution < 1.29 is 4.79 Å². The molecule has 28 heavy (non-hydrogen) atoms. The van der Waals surface area contributed by atoms with Crippen LogP contribution in [0.3, 0.4) is 0 Å². The van der Waals surface area contributed by atoms with Crippen LogP contribution < -0.4 is 10.2 Å². The number of hydrogen-bond acceptors (Lipinski definition) is 4. The van der Waals surface area contributed by atoms with Crippen LogP contribution >= 0.6 is 11.6 Å². The molecule has 2 fully saturated rings. The summed E-state index contributed by atoms with van der Waals surface area (Å²) in [4.78, 5) is 23.3. The SMILES string of the molecule is O=C(Nc1cccnc1Cl)N1CCN(Cc2ccccc2N2CCCC2)CC1. The number of urea groups is 1. The van der Waals surface area contributed by atoms with E-state index in [-0.39, 0.29) is 6.03 Å². The third-order valence-corrected chi connectivity index (χ3v) is 5.79. The van der Waals surface area contributed by atoms with Gasteiger partial charge in [0.05, 0.1) is 5.69 Å². The lowest BCUT2D eigenvalue weighted by Gasteiger charge is -2.35. The van der Waals surface area contributed by atoms with Gasteiger partial charge in [-0.25, -0.2) is 9.78 Å². The number of anilines is 2. The minimum atomic E-state index is -0.119. The molecule has 1 N–H and O–H groups in total. The van der Waals surface area contributed by atoms with Crippen molar-refractivity contribution in [3.05, 3.63) is 53.3 Å². The van der Waals surface area contributed by atoms with Crippen molar-refractivity contribution in [2.24, 2.45) is 0 Å². The van der Waals surface area contributed by atoms with Crippen LogP contribution in [0.15, 0.2) is 42.6 Å². The van der Waals surface area contributed by atoms with Crippen LogP contribution in [0.1, 0.15) is 18.4 Å². The molecule has 0 spiro atoms. The zero-order valence-electron chi connectivity index (χ0n) is 16.0. The van der Waals surface area contributed by atoms with E-state index >= 15 is 0 Å². The normalized spacial score (nSPS) is 17.8. The highest BCUT2D eigenvalue weighted by Crippen LogP contribution is 2.26. The Morgan fingerprint density at radius 2 is 1.75 bits per heavy atom. The van der Waals surface area contributed by atoms with Gasteiger partial charge in [0, 0.05) is 57.7 Å². The fourth-order valence-electron chi connectivity index (χ4n) is 3.93. The third kappa shape index (κ3) is 4.39. The van der Waals surface area contributed by atoms with Gasteiger partial charge in [-0.2, -0.15) is 0 Å². The molecule has 2 aromatic rings. The molecule has 0 radical (unpaired) electrons. The van der Waals surface area contributed by atoms with Gasteiger partial charge in [-0.1, -0.05) is 29.8 Å². The molecule has 0 aliphatic carbocycles. The Bertz CT molecular complexity index is 816. The smallest absolute Gasteiger partial charge is 0.322 e. The number of nitrogens with zero attached hydrogens (tertiary/aromatic N) is 4. The number of aromatic nitrogens is 1. The predicted molar refractivity (Wildman–Crippen MR) is 113 cm³/mol. The topological polar surface area (TPSA) is 51.7 Å². The molecule has 0 atom stereocenters. The molecule has 6 nitrogen and oxygen atoms in total. The molecule has 1 aromatic heterocycles. The third-order valence-electron chi connectivity index (χ3n) is 5.49. The van der Waals surface area contributed by atoms with Gasteiger partial charge in [-0.15, -0.1) is 0 Å². The maximum atomic E-state index is 12.5.